The maximum atomic E-state index is 12.8. The number of alkyl halides is 1. The lowest BCUT2D eigenvalue weighted by atomic mass is 9.68. The maximum Gasteiger partial charge on any atom is 0.0922 e. The highest BCUT2D eigenvalue weighted by molar-refractivity contribution is 5.03. The molecule has 0 radical (unpaired) electrons. The van der Waals surface area contributed by atoms with Crippen LogP contribution in [-0.2, 0) is 4.74 Å². The van der Waals surface area contributed by atoms with Gasteiger partial charge in [-0.3, -0.25) is 4.39 Å². The molecule has 3 unspecified atom stereocenters. The summed E-state index contributed by atoms with van der Waals surface area (Å²) in [5, 5.41) is 9.07. The summed E-state index contributed by atoms with van der Waals surface area (Å²) in [5.41, 5.74) is 0. The molecule has 3 atom stereocenters. The van der Waals surface area contributed by atoms with Gasteiger partial charge in [0.25, 0.3) is 0 Å². The zero-order valence-electron chi connectivity index (χ0n) is 17.3. The van der Waals surface area contributed by atoms with Crippen LogP contribution in [0.3, 0.4) is 0 Å². The van der Waals surface area contributed by atoms with Gasteiger partial charge in [-0.25, -0.2) is 0 Å². The van der Waals surface area contributed by atoms with E-state index in [0.29, 0.717) is 12.5 Å². The van der Waals surface area contributed by atoms with E-state index in [4.69, 9.17) is 9.84 Å². The Morgan fingerprint density at radius 3 is 1.81 bits per heavy atom. The summed E-state index contributed by atoms with van der Waals surface area (Å²) in [6, 6.07) is 0. The van der Waals surface area contributed by atoms with E-state index in [2.05, 4.69) is 12.2 Å². The first-order valence-corrected chi connectivity index (χ1v) is 11.6. The number of ether oxygens (including phenoxy) is 1. The number of rotatable bonds is 8. The standard InChI is InChI=1S/C24H41FO2/c1-18(15-26)16-27-17-20-4-8-22(9-5-20)24-12-10-23(11-13-24)21-6-2-19(14-25)3-7-21/h10,12,18-24,26H,2-9,11,13-17H2,1H3. The summed E-state index contributed by atoms with van der Waals surface area (Å²) in [4.78, 5) is 0. The van der Waals surface area contributed by atoms with Crippen molar-refractivity contribution in [2.24, 2.45) is 41.4 Å². The third kappa shape index (κ3) is 6.29. The molecule has 0 amide bonds. The van der Waals surface area contributed by atoms with Crippen LogP contribution in [0.15, 0.2) is 12.2 Å². The predicted octanol–water partition coefficient (Wildman–Crippen LogP) is 5.80. The first kappa shape index (κ1) is 21.3. The van der Waals surface area contributed by atoms with Crippen LogP contribution in [0, 0.1) is 41.4 Å². The lowest BCUT2D eigenvalue weighted by Gasteiger charge is -2.38. The van der Waals surface area contributed by atoms with Gasteiger partial charge >= 0.3 is 0 Å². The number of hydrogen-bond acceptors (Lipinski definition) is 2. The van der Waals surface area contributed by atoms with Crippen molar-refractivity contribution >= 4 is 0 Å². The Balaban J connectivity index is 1.35. The topological polar surface area (TPSA) is 29.5 Å². The van der Waals surface area contributed by atoms with Gasteiger partial charge in [0.2, 0.25) is 0 Å². The fourth-order valence-electron chi connectivity index (χ4n) is 5.69. The van der Waals surface area contributed by atoms with Gasteiger partial charge in [0.05, 0.1) is 13.3 Å². The lowest BCUT2D eigenvalue weighted by molar-refractivity contribution is 0.0411. The maximum absolute atomic E-state index is 12.8. The second-order valence-corrected chi connectivity index (χ2v) is 9.83. The van der Waals surface area contributed by atoms with E-state index in [9.17, 15) is 4.39 Å². The first-order valence-electron chi connectivity index (χ1n) is 11.6. The fraction of sp³-hybridized carbons (Fsp3) is 0.917. The molecule has 1 N–H and O–H groups in total. The SMILES string of the molecule is CC(CO)COCC1CCC(C2C=CC(C3CCC(CF)CC3)CC2)CC1. The molecule has 0 bridgehead atoms. The highest BCUT2D eigenvalue weighted by Gasteiger charge is 2.32. The van der Waals surface area contributed by atoms with Crippen molar-refractivity contribution in [3.63, 3.8) is 0 Å². The van der Waals surface area contributed by atoms with Crippen molar-refractivity contribution in [2.75, 3.05) is 26.5 Å². The average molecular weight is 381 g/mol. The third-order valence-corrected chi connectivity index (χ3v) is 7.72. The van der Waals surface area contributed by atoms with Gasteiger partial charge < -0.3 is 9.84 Å². The molecule has 0 aromatic carbocycles. The van der Waals surface area contributed by atoms with Gasteiger partial charge in [-0.05, 0) is 99.7 Å². The second-order valence-electron chi connectivity index (χ2n) is 9.83. The molecule has 0 aliphatic heterocycles. The second kappa shape index (κ2) is 11.0. The van der Waals surface area contributed by atoms with E-state index in [1.807, 2.05) is 6.92 Å². The van der Waals surface area contributed by atoms with E-state index < -0.39 is 0 Å². The van der Waals surface area contributed by atoms with Gasteiger partial charge in [-0.2, -0.15) is 0 Å². The molecule has 27 heavy (non-hydrogen) atoms. The number of aliphatic hydroxyl groups is 1. The van der Waals surface area contributed by atoms with Gasteiger partial charge in [-0.15, -0.1) is 0 Å². The largest absolute Gasteiger partial charge is 0.396 e. The van der Waals surface area contributed by atoms with Crippen LogP contribution >= 0.6 is 0 Å². The van der Waals surface area contributed by atoms with Crippen molar-refractivity contribution < 1.29 is 14.2 Å². The Bertz CT molecular complexity index is 436. The number of allylic oxidation sites excluding steroid dienone is 2. The van der Waals surface area contributed by atoms with Gasteiger partial charge in [0, 0.05) is 19.1 Å². The molecule has 0 aromatic rings. The van der Waals surface area contributed by atoms with Crippen LogP contribution < -0.4 is 0 Å². The first-order chi connectivity index (χ1) is 13.2. The third-order valence-electron chi connectivity index (χ3n) is 7.72. The average Bonchev–Trinajstić information content (AvgIpc) is 2.74. The molecule has 0 heterocycles. The molecular weight excluding hydrogens is 339 g/mol. The molecule has 3 heteroatoms. The normalized spacial score (nSPS) is 38.6. The van der Waals surface area contributed by atoms with Crippen LogP contribution in [0.1, 0.15) is 71.1 Å². The Morgan fingerprint density at radius 1 is 0.852 bits per heavy atom. The smallest absolute Gasteiger partial charge is 0.0922 e. The summed E-state index contributed by atoms with van der Waals surface area (Å²) >= 11 is 0. The van der Waals surface area contributed by atoms with E-state index in [0.717, 1.165) is 49.0 Å². The van der Waals surface area contributed by atoms with Crippen molar-refractivity contribution in [3.05, 3.63) is 12.2 Å². The molecule has 0 saturated heterocycles. The minimum Gasteiger partial charge on any atom is -0.396 e. The molecule has 3 aliphatic rings. The van der Waals surface area contributed by atoms with Crippen molar-refractivity contribution in [2.45, 2.75) is 71.1 Å². The summed E-state index contributed by atoms with van der Waals surface area (Å²) in [6.45, 7) is 3.71. The van der Waals surface area contributed by atoms with E-state index in [1.54, 1.807) is 0 Å². The number of halogens is 1. The molecule has 2 nitrogen and oxygen atoms in total. The minimum atomic E-state index is -0.108. The van der Waals surface area contributed by atoms with E-state index >= 15 is 0 Å². The Labute approximate surface area is 165 Å². The molecule has 2 fully saturated rings. The summed E-state index contributed by atoms with van der Waals surface area (Å²) < 4.78 is 18.6. The van der Waals surface area contributed by atoms with Crippen molar-refractivity contribution in [1.29, 1.82) is 0 Å². The van der Waals surface area contributed by atoms with Crippen LogP contribution in [0.2, 0.25) is 0 Å². The van der Waals surface area contributed by atoms with Crippen LogP contribution in [0.4, 0.5) is 4.39 Å². The summed E-state index contributed by atoms with van der Waals surface area (Å²) in [6.07, 6.45) is 17.8. The number of hydrogen-bond donors (Lipinski definition) is 1. The Morgan fingerprint density at radius 2 is 1.37 bits per heavy atom. The molecule has 3 rings (SSSR count). The highest BCUT2D eigenvalue weighted by atomic mass is 19.1. The van der Waals surface area contributed by atoms with E-state index in [-0.39, 0.29) is 19.2 Å². The van der Waals surface area contributed by atoms with Crippen molar-refractivity contribution in [3.8, 4) is 0 Å². The summed E-state index contributed by atoms with van der Waals surface area (Å²) in [7, 11) is 0. The van der Waals surface area contributed by atoms with E-state index in [1.165, 1.54) is 51.4 Å². The molecule has 3 aliphatic carbocycles. The quantitative estimate of drug-likeness (QED) is 0.540. The lowest BCUT2D eigenvalue weighted by Crippen LogP contribution is -2.28. The van der Waals surface area contributed by atoms with Crippen LogP contribution in [-0.4, -0.2) is 31.6 Å². The molecule has 0 aromatic heterocycles. The molecule has 156 valence electrons. The highest BCUT2D eigenvalue weighted by Crippen LogP contribution is 2.42. The van der Waals surface area contributed by atoms with Gasteiger partial charge in [0.1, 0.15) is 0 Å². The molecule has 2 saturated carbocycles. The van der Waals surface area contributed by atoms with Crippen molar-refractivity contribution in [1.82, 2.24) is 0 Å². The minimum absolute atomic E-state index is 0.108. The van der Waals surface area contributed by atoms with Gasteiger partial charge in [-0.1, -0.05) is 19.1 Å². The van der Waals surface area contributed by atoms with Gasteiger partial charge in [0.15, 0.2) is 0 Å². The Hall–Kier alpha value is -0.410. The monoisotopic (exact) mass is 380 g/mol. The number of aliphatic hydroxyl groups excluding tert-OH is 1. The molecule has 0 spiro atoms. The zero-order chi connectivity index (χ0) is 19.1. The fourth-order valence-corrected chi connectivity index (χ4v) is 5.69. The Kier molecular flexibility index (Phi) is 8.64. The summed E-state index contributed by atoms with van der Waals surface area (Å²) in [5.74, 6) is 4.58. The predicted molar refractivity (Wildman–Crippen MR) is 109 cm³/mol. The zero-order valence-corrected chi connectivity index (χ0v) is 17.3. The van der Waals surface area contributed by atoms with Crippen LogP contribution in [0.25, 0.3) is 0 Å². The van der Waals surface area contributed by atoms with Crippen LogP contribution in [0.5, 0.6) is 0 Å². The molecular formula is C24H41FO2.